The van der Waals surface area contributed by atoms with Crippen LogP contribution in [0.15, 0.2) is 18.3 Å². The zero-order chi connectivity index (χ0) is 13.8. The van der Waals surface area contributed by atoms with Crippen LogP contribution in [-0.2, 0) is 9.53 Å². The third kappa shape index (κ3) is 3.14. The van der Waals surface area contributed by atoms with Gasteiger partial charge in [-0.1, -0.05) is 0 Å². The lowest BCUT2D eigenvalue weighted by molar-refractivity contribution is -0.146. The Morgan fingerprint density at radius 1 is 1.37 bits per heavy atom. The highest BCUT2D eigenvalue weighted by Gasteiger charge is 2.26. The van der Waals surface area contributed by atoms with Crippen molar-refractivity contribution in [3.8, 4) is 0 Å². The van der Waals surface area contributed by atoms with Gasteiger partial charge in [-0.2, -0.15) is 0 Å². The summed E-state index contributed by atoms with van der Waals surface area (Å²) in [4.78, 5) is 20.1. The summed E-state index contributed by atoms with van der Waals surface area (Å²) in [6.45, 7) is 5.21. The molecule has 0 aromatic carbocycles. The molecule has 0 radical (unpaired) electrons. The standard InChI is InChI=1S/C13H20N4O2/c1-10(13(18)19-2)16-5-7-17(8-6-16)12-4-3-11(14)9-15-12/h3-4,9-10H,5-8,14H2,1-2H3. The topological polar surface area (TPSA) is 71.7 Å². The molecule has 2 heterocycles. The van der Waals surface area contributed by atoms with Crippen LogP contribution in [0.2, 0.25) is 0 Å². The van der Waals surface area contributed by atoms with Crippen molar-refractivity contribution in [3.05, 3.63) is 18.3 Å². The third-order valence-corrected chi connectivity index (χ3v) is 3.50. The molecule has 104 valence electrons. The molecule has 1 aromatic heterocycles. The fourth-order valence-electron chi connectivity index (χ4n) is 2.24. The van der Waals surface area contributed by atoms with Gasteiger partial charge in [-0.3, -0.25) is 9.69 Å². The molecular formula is C13H20N4O2. The Morgan fingerprint density at radius 3 is 2.58 bits per heavy atom. The number of nitrogens with two attached hydrogens (primary N) is 1. The van der Waals surface area contributed by atoms with Crippen molar-refractivity contribution in [2.75, 3.05) is 43.9 Å². The molecule has 0 spiro atoms. The van der Waals surface area contributed by atoms with Gasteiger partial charge in [0.1, 0.15) is 11.9 Å². The second-order valence-corrected chi connectivity index (χ2v) is 4.67. The number of aromatic nitrogens is 1. The molecule has 1 fully saturated rings. The largest absolute Gasteiger partial charge is 0.468 e. The number of anilines is 2. The molecule has 2 N–H and O–H groups in total. The van der Waals surface area contributed by atoms with Crippen LogP contribution in [0.5, 0.6) is 0 Å². The maximum Gasteiger partial charge on any atom is 0.322 e. The molecule has 2 rings (SSSR count). The summed E-state index contributed by atoms with van der Waals surface area (Å²) in [6.07, 6.45) is 1.67. The Bertz CT molecular complexity index is 427. The van der Waals surface area contributed by atoms with Crippen LogP contribution in [0, 0.1) is 0 Å². The molecule has 6 nitrogen and oxygen atoms in total. The van der Waals surface area contributed by atoms with Gasteiger partial charge in [0.15, 0.2) is 0 Å². The number of carbonyl (C=O) groups is 1. The monoisotopic (exact) mass is 264 g/mol. The van der Waals surface area contributed by atoms with Gasteiger partial charge in [0.25, 0.3) is 0 Å². The lowest BCUT2D eigenvalue weighted by atomic mass is 10.2. The van der Waals surface area contributed by atoms with Crippen LogP contribution in [0.4, 0.5) is 11.5 Å². The van der Waals surface area contributed by atoms with E-state index in [0.29, 0.717) is 5.69 Å². The molecule has 1 saturated heterocycles. The summed E-state index contributed by atoms with van der Waals surface area (Å²) in [6, 6.07) is 3.59. The zero-order valence-electron chi connectivity index (χ0n) is 11.4. The maximum atomic E-state index is 11.5. The number of rotatable bonds is 3. The summed E-state index contributed by atoms with van der Waals surface area (Å²) in [5.41, 5.74) is 6.29. The Morgan fingerprint density at radius 2 is 2.05 bits per heavy atom. The summed E-state index contributed by atoms with van der Waals surface area (Å²) < 4.78 is 4.77. The Kier molecular flexibility index (Phi) is 4.21. The first-order valence-electron chi connectivity index (χ1n) is 6.40. The van der Waals surface area contributed by atoms with Gasteiger partial charge in [0, 0.05) is 26.2 Å². The number of piperazine rings is 1. The van der Waals surface area contributed by atoms with Crippen LogP contribution in [-0.4, -0.2) is 55.2 Å². The second-order valence-electron chi connectivity index (χ2n) is 4.67. The Labute approximate surface area is 113 Å². The number of ether oxygens (including phenoxy) is 1. The van der Waals surface area contributed by atoms with E-state index in [0.717, 1.165) is 32.0 Å². The summed E-state index contributed by atoms with van der Waals surface area (Å²) in [7, 11) is 1.42. The van der Waals surface area contributed by atoms with E-state index in [4.69, 9.17) is 10.5 Å². The molecule has 1 aromatic rings. The van der Waals surface area contributed by atoms with E-state index >= 15 is 0 Å². The van der Waals surface area contributed by atoms with Crippen LogP contribution in [0.25, 0.3) is 0 Å². The van der Waals surface area contributed by atoms with Gasteiger partial charge >= 0.3 is 5.97 Å². The third-order valence-electron chi connectivity index (χ3n) is 3.50. The van der Waals surface area contributed by atoms with Crippen LogP contribution in [0.1, 0.15) is 6.92 Å². The molecule has 1 unspecified atom stereocenters. The first-order chi connectivity index (χ1) is 9.11. The number of hydrogen-bond donors (Lipinski definition) is 1. The van der Waals surface area contributed by atoms with Gasteiger partial charge in [0.05, 0.1) is 19.0 Å². The minimum Gasteiger partial charge on any atom is -0.468 e. The van der Waals surface area contributed by atoms with Gasteiger partial charge in [-0.05, 0) is 19.1 Å². The highest BCUT2D eigenvalue weighted by atomic mass is 16.5. The SMILES string of the molecule is COC(=O)C(C)N1CCN(c2ccc(N)cn2)CC1. The molecule has 0 amide bonds. The minimum atomic E-state index is -0.188. The fraction of sp³-hybridized carbons (Fsp3) is 0.538. The lowest BCUT2D eigenvalue weighted by Gasteiger charge is -2.37. The molecular weight excluding hydrogens is 244 g/mol. The van der Waals surface area contributed by atoms with E-state index in [9.17, 15) is 4.79 Å². The molecule has 6 heteroatoms. The van der Waals surface area contributed by atoms with Crippen LogP contribution < -0.4 is 10.6 Å². The number of pyridine rings is 1. The average Bonchev–Trinajstić information content (AvgIpc) is 2.46. The van der Waals surface area contributed by atoms with E-state index in [-0.39, 0.29) is 12.0 Å². The summed E-state index contributed by atoms with van der Waals surface area (Å²) in [5, 5.41) is 0. The van der Waals surface area contributed by atoms with Crippen LogP contribution in [0.3, 0.4) is 0 Å². The number of nitrogens with zero attached hydrogens (tertiary/aromatic N) is 3. The van der Waals surface area contributed by atoms with E-state index in [2.05, 4.69) is 14.8 Å². The molecule has 1 aliphatic rings. The number of methoxy groups -OCH3 is 1. The molecule has 0 saturated carbocycles. The highest BCUT2D eigenvalue weighted by molar-refractivity contribution is 5.75. The van der Waals surface area contributed by atoms with E-state index in [1.165, 1.54) is 7.11 Å². The number of carbonyl (C=O) groups excluding carboxylic acids is 1. The summed E-state index contributed by atoms with van der Waals surface area (Å²) in [5.74, 6) is 0.749. The van der Waals surface area contributed by atoms with Crippen LogP contribution >= 0.6 is 0 Å². The normalized spacial score (nSPS) is 18.1. The zero-order valence-corrected chi connectivity index (χ0v) is 11.4. The Hall–Kier alpha value is -1.82. The lowest BCUT2D eigenvalue weighted by Crippen LogP contribution is -2.52. The number of nitrogen functional groups attached to an aromatic ring is 1. The second kappa shape index (κ2) is 5.88. The number of hydrogen-bond acceptors (Lipinski definition) is 6. The van der Waals surface area contributed by atoms with Crippen molar-refractivity contribution in [1.82, 2.24) is 9.88 Å². The molecule has 1 atom stereocenters. The predicted molar refractivity (Wildman–Crippen MR) is 73.9 cm³/mol. The van der Waals surface area contributed by atoms with Gasteiger partial charge in [-0.25, -0.2) is 4.98 Å². The van der Waals surface area contributed by atoms with E-state index < -0.39 is 0 Å². The molecule has 19 heavy (non-hydrogen) atoms. The fourth-order valence-corrected chi connectivity index (χ4v) is 2.24. The smallest absolute Gasteiger partial charge is 0.322 e. The average molecular weight is 264 g/mol. The van der Waals surface area contributed by atoms with E-state index in [1.54, 1.807) is 6.20 Å². The van der Waals surface area contributed by atoms with E-state index in [1.807, 2.05) is 19.1 Å². The summed E-state index contributed by atoms with van der Waals surface area (Å²) >= 11 is 0. The highest BCUT2D eigenvalue weighted by Crippen LogP contribution is 2.16. The Balaban J connectivity index is 1.92. The predicted octanol–water partition coefficient (Wildman–Crippen LogP) is 0.347. The molecule has 0 aliphatic carbocycles. The van der Waals surface area contributed by atoms with Crippen molar-refractivity contribution < 1.29 is 9.53 Å². The van der Waals surface area contributed by atoms with Crippen molar-refractivity contribution in [3.63, 3.8) is 0 Å². The van der Waals surface area contributed by atoms with Crippen molar-refractivity contribution in [1.29, 1.82) is 0 Å². The quantitative estimate of drug-likeness (QED) is 0.794. The minimum absolute atomic E-state index is 0.181. The number of esters is 1. The molecule has 1 aliphatic heterocycles. The molecule has 0 bridgehead atoms. The van der Waals surface area contributed by atoms with Crippen molar-refractivity contribution >= 4 is 17.5 Å². The first-order valence-corrected chi connectivity index (χ1v) is 6.40. The van der Waals surface area contributed by atoms with Gasteiger partial charge in [0.2, 0.25) is 0 Å². The van der Waals surface area contributed by atoms with Gasteiger partial charge < -0.3 is 15.4 Å². The van der Waals surface area contributed by atoms with Gasteiger partial charge in [-0.15, -0.1) is 0 Å². The maximum absolute atomic E-state index is 11.5. The first kappa shape index (κ1) is 13.6. The van der Waals surface area contributed by atoms with Crippen molar-refractivity contribution in [2.45, 2.75) is 13.0 Å². The van der Waals surface area contributed by atoms with Crippen molar-refractivity contribution in [2.24, 2.45) is 0 Å².